The largest absolute Gasteiger partial charge is 0.269 e. The van der Waals surface area contributed by atoms with Crippen LogP contribution in [0.2, 0.25) is 5.28 Å². The molecule has 0 aliphatic carbocycles. The molecule has 0 aromatic heterocycles. The van der Waals surface area contributed by atoms with E-state index >= 15 is 0 Å². The first-order valence-corrected chi connectivity index (χ1v) is 2.43. The van der Waals surface area contributed by atoms with Crippen molar-refractivity contribution in [3.63, 3.8) is 0 Å². The van der Waals surface area contributed by atoms with Gasteiger partial charge in [-0.1, -0.05) is 13.3 Å². The Labute approximate surface area is 45.1 Å². The molecule has 0 bridgehead atoms. The maximum absolute atomic E-state index is 2.66. The Hall–Kier alpha value is 0.392. The van der Waals surface area contributed by atoms with Crippen LogP contribution >= 0.6 is 0 Å². The zero-order valence-electron chi connectivity index (χ0n) is 3.81. The van der Waals surface area contributed by atoms with Gasteiger partial charge in [0.1, 0.15) is 16.3 Å². The molecule has 0 nitrogen and oxygen atoms in total. The first-order valence-electron chi connectivity index (χ1n) is 1.62. The molecule has 0 aromatic carbocycles. The van der Waals surface area contributed by atoms with Crippen LogP contribution in [0.25, 0.3) is 0 Å². The maximum Gasteiger partial charge on any atom is 0.118 e. The molecule has 0 fully saturated rings. The first kappa shape index (κ1) is 16.2. The molecule has 0 amide bonds. The number of halogens is 2. The van der Waals surface area contributed by atoms with Crippen molar-refractivity contribution in [3.05, 3.63) is 0 Å². The van der Waals surface area contributed by atoms with Crippen LogP contribution < -0.4 is 0 Å². The molecule has 2 radical (unpaired) electrons. The summed E-state index contributed by atoms with van der Waals surface area (Å²) in [5.41, 5.74) is 0. The molecule has 0 spiro atoms. The predicted octanol–water partition coefficient (Wildman–Crippen LogP) is 1.29. The fourth-order valence-electron chi connectivity index (χ4n) is 0. The molecule has 0 saturated heterocycles. The van der Waals surface area contributed by atoms with Crippen LogP contribution in [0.1, 0.15) is 13.3 Å². The van der Waals surface area contributed by atoms with Crippen LogP contribution in [0.4, 0.5) is 9.41 Å². The lowest BCUT2D eigenvalue weighted by Gasteiger charge is -1.68. The molecule has 0 aliphatic heterocycles. The van der Waals surface area contributed by atoms with Gasteiger partial charge in [0.2, 0.25) is 0 Å². The van der Waals surface area contributed by atoms with Gasteiger partial charge >= 0.3 is 0 Å². The van der Waals surface area contributed by atoms with Crippen molar-refractivity contribution in [3.8, 4) is 0 Å². The molecule has 6 heavy (non-hydrogen) atoms. The first-order chi connectivity index (χ1) is 1.91. The summed E-state index contributed by atoms with van der Waals surface area (Å²) in [6.07, 6.45) is 1.28. The van der Waals surface area contributed by atoms with Crippen LogP contribution in [0.5, 0.6) is 0 Å². The molecule has 0 aliphatic rings. The maximum atomic E-state index is 2.66. The highest BCUT2D eigenvalue weighted by Crippen LogP contribution is 1.73. The zero-order chi connectivity index (χ0) is 3.41. The molecular weight excluding hydrogens is 101 g/mol. The van der Waals surface area contributed by atoms with Crippen molar-refractivity contribution in [2.75, 3.05) is 0 Å². The van der Waals surface area contributed by atoms with Crippen LogP contribution in [0, 0.1) is 0 Å². The van der Waals surface area contributed by atoms with Gasteiger partial charge < -0.3 is 0 Å². The summed E-state index contributed by atoms with van der Waals surface area (Å²) in [6.45, 7) is 2.16. The number of hydrogen-bond acceptors (Lipinski definition) is 0. The fourth-order valence-corrected chi connectivity index (χ4v) is 0. The summed E-state index contributed by atoms with van der Waals surface area (Å²) in [7, 11) is 0. The third kappa shape index (κ3) is 26.1. The zero-order valence-corrected chi connectivity index (χ0v) is 4.96. The van der Waals surface area contributed by atoms with Crippen molar-refractivity contribution < 1.29 is 9.41 Å². The summed E-state index contributed by atoms with van der Waals surface area (Å²) in [5, 5.41) is 1.24. The van der Waals surface area contributed by atoms with E-state index in [-0.39, 0.29) is 9.41 Å². The van der Waals surface area contributed by atoms with Crippen LogP contribution in [-0.2, 0) is 0 Å². The minimum absolute atomic E-state index is 0. The Kier molecular flexibility index (Phi) is 48.9. The van der Waals surface area contributed by atoms with Crippen molar-refractivity contribution in [2.24, 2.45) is 0 Å². The van der Waals surface area contributed by atoms with Gasteiger partial charge in [-0.05, 0) is 0 Å². The highest BCUT2D eigenvalue weighted by atomic mass is 27.0. The van der Waals surface area contributed by atoms with Gasteiger partial charge in [-0.2, -0.15) is 0 Å². The average Bonchev–Trinajstić information content (AvgIpc) is 1.37. The molecular formula is C3H9AlF2. The predicted molar refractivity (Wildman–Crippen MR) is 25.9 cm³/mol. The number of hydrogen-bond donors (Lipinski definition) is 0. The smallest absolute Gasteiger partial charge is 0.118 e. The Balaban J connectivity index is -0.0000000450. The van der Waals surface area contributed by atoms with Gasteiger partial charge in [0, 0.05) is 0 Å². The summed E-state index contributed by atoms with van der Waals surface area (Å²) in [6, 6.07) is 0. The molecule has 3 heteroatoms. The van der Waals surface area contributed by atoms with Gasteiger partial charge in [0.15, 0.2) is 0 Å². The van der Waals surface area contributed by atoms with Crippen LogP contribution in [-0.4, -0.2) is 16.3 Å². The monoisotopic (exact) mass is 110 g/mol. The molecule has 0 atom stereocenters. The Bertz CT molecular complexity index is 10.8. The lowest BCUT2D eigenvalue weighted by atomic mass is 10.6. The van der Waals surface area contributed by atoms with E-state index in [0.717, 1.165) is 0 Å². The molecule has 38 valence electrons. The second kappa shape index (κ2) is 18.2. The van der Waals surface area contributed by atoms with Crippen molar-refractivity contribution in [1.82, 2.24) is 0 Å². The average molecular weight is 110 g/mol. The van der Waals surface area contributed by atoms with E-state index in [1.807, 2.05) is 0 Å². The molecule has 0 saturated carbocycles. The van der Waals surface area contributed by atoms with Gasteiger partial charge in [-0.25, -0.2) is 0 Å². The lowest BCUT2D eigenvalue weighted by Crippen LogP contribution is -1.55. The van der Waals surface area contributed by atoms with E-state index < -0.39 is 0 Å². The summed E-state index contributed by atoms with van der Waals surface area (Å²) in [5.74, 6) is 0. The third-order valence-electron chi connectivity index (χ3n) is 0.289. The van der Waals surface area contributed by atoms with Crippen LogP contribution in [0.15, 0.2) is 0 Å². The Morgan fingerprint density at radius 1 is 1.33 bits per heavy atom. The van der Waals surface area contributed by atoms with E-state index in [1.165, 1.54) is 11.7 Å². The fraction of sp³-hybridized carbons (Fsp3) is 1.00. The standard InChI is InChI=1S/C3H7.Al.2FH/c1-3-2;;;/h1,3H2,2H3;;2*1H. The molecule has 0 N–H and O–H groups in total. The Morgan fingerprint density at radius 2 is 1.50 bits per heavy atom. The number of rotatable bonds is 1. The van der Waals surface area contributed by atoms with Crippen molar-refractivity contribution in [1.29, 1.82) is 0 Å². The van der Waals surface area contributed by atoms with E-state index in [4.69, 9.17) is 0 Å². The van der Waals surface area contributed by atoms with Crippen LogP contribution in [0.3, 0.4) is 0 Å². The van der Waals surface area contributed by atoms with Gasteiger partial charge in [0.05, 0.1) is 0 Å². The Morgan fingerprint density at radius 3 is 1.50 bits per heavy atom. The van der Waals surface area contributed by atoms with E-state index in [1.54, 1.807) is 0 Å². The van der Waals surface area contributed by atoms with Gasteiger partial charge in [0.25, 0.3) is 0 Å². The van der Waals surface area contributed by atoms with Gasteiger partial charge in [-0.3, -0.25) is 9.41 Å². The SMILES string of the molecule is CC[CH2][Al].F.F. The summed E-state index contributed by atoms with van der Waals surface area (Å²) >= 11 is 2.66. The highest BCUT2D eigenvalue weighted by Gasteiger charge is 1.56. The third-order valence-corrected chi connectivity index (χ3v) is 0.866. The van der Waals surface area contributed by atoms with Gasteiger partial charge in [-0.15, -0.1) is 5.28 Å². The van der Waals surface area contributed by atoms with E-state index in [2.05, 4.69) is 23.2 Å². The second-order valence-corrected chi connectivity index (χ2v) is 1.37. The summed E-state index contributed by atoms with van der Waals surface area (Å²) < 4.78 is 0. The minimum Gasteiger partial charge on any atom is -0.269 e. The highest BCUT2D eigenvalue weighted by molar-refractivity contribution is 6.08. The lowest BCUT2D eigenvalue weighted by molar-refractivity contribution is 1.08. The van der Waals surface area contributed by atoms with E-state index in [9.17, 15) is 0 Å². The molecule has 0 unspecified atom stereocenters. The van der Waals surface area contributed by atoms with E-state index in [0.29, 0.717) is 0 Å². The summed E-state index contributed by atoms with van der Waals surface area (Å²) in [4.78, 5) is 0. The minimum atomic E-state index is 0. The van der Waals surface area contributed by atoms with Crippen molar-refractivity contribution in [2.45, 2.75) is 18.6 Å². The topological polar surface area (TPSA) is 0 Å². The quantitative estimate of drug-likeness (QED) is 0.446. The normalized spacial score (nSPS) is 4.83. The molecule has 0 aromatic rings. The molecule has 0 rings (SSSR count). The van der Waals surface area contributed by atoms with Crippen molar-refractivity contribution >= 4 is 16.3 Å². The molecule has 0 heterocycles. The second-order valence-electron chi connectivity index (χ2n) is 0.789.